The van der Waals surface area contributed by atoms with E-state index in [4.69, 9.17) is 17.3 Å². The number of nitrogens with one attached hydrogen (secondary N) is 2. The summed E-state index contributed by atoms with van der Waals surface area (Å²) in [6.45, 7) is 0. The van der Waals surface area contributed by atoms with Crippen LogP contribution in [0, 0.1) is 0 Å². The van der Waals surface area contributed by atoms with Crippen LogP contribution in [-0.4, -0.2) is 15.8 Å². The summed E-state index contributed by atoms with van der Waals surface area (Å²) in [4.78, 5) is 11.7. The van der Waals surface area contributed by atoms with Crippen molar-refractivity contribution < 1.29 is 4.79 Å². The SMILES string of the molecule is Cn1ncc(N)c1NC(=O)Nc1ccc(Cl)cc1. The second-order valence-corrected chi connectivity index (χ2v) is 4.09. The van der Waals surface area contributed by atoms with Gasteiger partial charge >= 0.3 is 6.03 Å². The minimum absolute atomic E-state index is 0.396. The minimum Gasteiger partial charge on any atom is -0.394 e. The van der Waals surface area contributed by atoms with Crippen molar-refractivity contribution in [1.82, 2.24) is 9.78 Å². The molecule has 0 radical (unpaired) electrons. The summed E-state index contributed by atoms with van der Waals surface area (Å²) in [5.74, 6) is 0.446. The highest BCUT2D eigenvalue weighted by Gasteiger charge is 2.09. The van der Waals surface area contributed by atoms with Gasteiger partial charge in [0, 0.05) is 17.8 Å². The Morgan fingerprint density at radius 3 is 2.56 bits per heavy atom. The zero-order valence-corrected chi connectivity index (χ0v) is 10.4. The molecule has 0 aliphatic rings. The Morgan fingerprint density at radius 2 is 2.00 bits per heavy atom. The number of nitrogen functional groups attached to an aromatic ring is 1. The lowest BCUT2D eigenvalue weighted by Gasteiger charge is -2.08. The Hall–Kier alpha value is -2.21. The number of aromatic nitrogens is 2. The van der Waals surface area contributed by atoms with Gasteiger partial charge in [-0.15, -0.1) is 0 Å². The largest absolute Gasteiger partial charge is 0.394 e. The van der Waals surface area contributed by atoms with Gasteiger partial charge in [-0.25, -0.2) is 4.79 Å². The standard InChI is InChI=1S/C11H12ClN5O/c1-17-10(9(13)6-14-17)16-11(18)15-8-4-2-7(12)3-5-8/h2-6H,13H2,1H3,(H2,15,16,18). The quantitative estimate of drug-likeness (QED) is 0.779. The summed E-state index contributed by atoms with van der Waals surface area (Å²) in [7, 11) is 1.69. The molecule has 0 saturated carbocycles. The molecule has 1 aromatic carbocycles. The van der Waals surface area contributed by atoms with Gasteiger partial charge in [0.1, 0.15) is 0 Å². The number of nitrogens with zero attached hydrogens (tertiary/aromatic N) is 2. The summed E-state index contributed by atoms with van der Waals surface area (Å²) >= 11 is 5.75. The fourth-order valence-corrected chi connectivity index (χ4v) is 1.54. The summed E-state index contributed by atoms with van der Waals surface area (Å²) in [6.07, 6.45) is 1.47. The molecule has 2 amide bonds. The van der Waals surface area contributed by atoms with E-state index in [1.807, 2.05) is 0 Å². The number of hydrogen-bond acceptors (Lipinski definition) is 3. The lowest BCUT2D eigenvalue weighted by Crippen LogP contribution is -2.21. The second-order valence-electron chi connectivity index (χ2n) is 3.66. The molecule has 7 heteroatoms. The molecule has 94 valence electrons. The number of anilines is 3. The fraction of sp³-hybridized carbons (Fsp3) is 0.0909. The topological polar surface area (TPSA) is 85.0 Å². The number of rotatable bonds is 2. The van der Waals surface area contributed by atoms with Crippen molar-refractivity contribution in [3.05, 3.63) is 35.5 Å². The van der Waals surface area contributed by atoms with Gasteiger partial charge in [-0.3, -0.25) is 10.00 Å². The van der Waals surface area contributed by atoms with Crippen molar-refractivity contribution in [3.8, 4) is 0 Å². The van der Waals surface area contributed by atoms with Crippen LogP contribution in [0.3, 0.4) is 0 Å². The predicted molar refractivity (Wildman–Crippen MR) is 71.7 cm³/mol. The maximum absolute atomic E-state index is 11.7. The molecule has 0 aliphatic heterocycles. The molecule has 1 heterocycles. The third-order valence-electron chi connectivity index (χ3n) is 2.30. The van der Waals surface area contributed by atoms with E-state index in [2.05, 4.69) is 15.7 Å². The molecule has 0 spiro atoms. The lowest BCUT2D eigenvalue weighted by molar-refractivity contribution is 0.262. The van der Waals surface area contributed by atoms with Crippen molar-refractivity contribution in [1.29, 1.82) is 0 Å². The van der Waals surface area contributed by atoms with E-state index in [1.54, 1.807) is 31.3 Å². The number of carbonyl (C=O) groups is 1. The van der Waals surface area contributed by atoms with Crippen LogP contribution >= 0.6 is 11.6 Å². The van der Waals surface area contributed by atoms with Crippen LogP contribution in [0.15, 0.2) is 30.5 Å². The van der Waals surface area contributed by atoms with Crippen molar-refractivity contribution in [2.75, 3.05) is 16.4 Å². The van der Waals surface area contributed by atoms with Gasteiger partial charge in [0.05, 0.1) is 11.9 Å². The highest BCUT2D eigenvalue weighted by molar-refractivity contribution is 6.30. The number of nitrogens with two attached hydrogens (primary N) is 1. The van der Waals surface area contributed by atoms with Crippen LogP contribution in [0.1, 0.15) is 0 Å². The molecular formula is C11H12ClN5O. The van der Waals surface area contributed by atoms with Gasteiger partial charge in [0.15, 0.2) is 5.82 Å². The van der Waals surface area contributed by atoms with Crippen molar-refractivity contribution in [2.24, 2.45) is 7.05 Å². The Kier molecular flexibility index (Phi) is 3.38. The van der Waals surface area contributed by atoms with Crippen molar-refractivity contribution in [2.45, 2.75) is 0 Å². The van der Waals surface area contributed by atoms with Crippen LogP contribution in [0.2, 0.25) is 5.02 Å². The molecule has 0 aliphatic carbocycles. The third-order valence-corrected chi connectivity index (χ3v) is 2.55. The molecule has 1 aromatic heterocycles. The molecule has 2 rings (SSSR count). The number of halogens is 1. The predicted octanol–water partition coefficient (Wildman–Crippen LogP) is 2.30. The first-order chi connectivity index (χ1) is 8.56. The average molecular weight is 266 g/mol. The van der Waals surface area contributed by atoms with Crippen LogP contribution in [0.5, 0.6) is 0 Å². The molecular weight excluding hydrogens is 254 g/mol. The maximum atomic E-state index is 11.7. The maximum Gasteiger partial charge on any atom is 0.324 e. The van der Waals surface area contributed by atoms with Gasteiger partial charge in [-0.1, -0.05) is 11.6 Å². The first kappa shape index (κ1) is 12.3. The molecule has 0 bridgehead atoms. The molecule has 6 nitrogen and oxygen atoms in total. The Balaban J connectivity index is 2.03. The highest BCUT2D eigenvalue weighted by atomic mass is 35.5. The summed E-state index contributed by atoms with van der Waals surface area (Å²) in [5.41, 5.74) is 6.70. The average Bonchev–Trinajstić information content (AvgIpc) is 2.64. The lowest BCUT2D eigenvalue weighted by atomic mass is 10.3. The zero-order valence-electron chi connectivity index (χ0n) is 9.64. The molecule has 2 aromatic rings. The Bertz CT molecular complexity index is 544. The van der Waals surface area contributed by atoms with Crippen molar-refractivity contribution >= 4 is 34.8 Å². The first-order valence-electron chi connectivity index (χ1n) is 5.17. The third kappa shape index (κ3) is 2.72. The number of benzene rings is 1. The van der Waals surface area contributed by atoms with E-state index in [0.717, 1.165) is 0 Å². The summed E-state index contributed by atoms with van der Waals surface area (Å²) in [6, 6.07) is 6.39. The second kappa shape index (κ2) is 4.97. The molecule has 18 heavy (non-hydrogen) atoms. The molecule has 0 atom stereocenters. The van der Waals surface area contributed by atoms with Crippen LogP contribution < -0.4 is 16.4 Å². The highest BCUT2D eigenvalue weighted by Crippen LogP contribution is 2.17. The van der Waals surface area contributed by atoms with E-state index >= 15 is 0 Å². The monoisotopic (exact) mass is 265 g/mol. The van der Waals surface area contributed by atoms with Gasteiger partial charge in [0.2, 0.25) is 0 Å². The fourth-order valence-electron chi connectivity index (χ4n) is 1.41. The molecule has 0 saturated heterocycles. The number of urea groups is 1. The number of carbonyl (C=O) groups excluding carboxylic acids is 1. The van der Waals surface area contributed by atoms with E-state index in [1.165, 1.54) is 10.9 Å². The van der Waals surface area contributed by atoms with E-state index < -0.39 is 6.03 Å². The Labute approximate surface area is 109 Å². The molecule has 0 unspecified atom stereocenters. The van der Waals surface area contributed by atoms with Gasteiger partial charge < -0.3 is 11.1 Å². The normalized spacial score (nSPS) is 10.1. The number of hydrogen-bond donors (Lipinski definition) is 3. The van der Waals surface area contributed by atoms with E-state index in [9.17, 15) is 4.79 Å². The minimum atomic E-state index is -0.396. The summed E-state index contributed by atoms with van der Waals surface area (Å²) in [5, 5.41) is 9.80. The number of amides is 2. The molecule has 0 fully saturated rings. The van der Waals surface area contributed by atoms with Crippen molar-refractivity contribution in [3.63, 3.8) is 0 Å². The smallest absolute Gasteiger partial charge is 0.324 e. The zero-order chi connectivity index (χ0) is 13.1. The van der Waals surface area contributed by atoms with E-state index in [0.29, 0.717) is 22.2 Å². The van der Waals surface area contributed by atoms with Gasteiger partial charge in [0.25, 0.3) is 0 Å². The van der Waals surface area contributed by atoms with Gasteiger partial charge in [-0.2, -0.15) is 5.10 Å². The van der Waals surface area contributed by atoms with Crippen LogP contribution in [0.25, 0.3) is 0 Å². The summed E-state index contributed by atoms with van der Waals surface area (Å²) < 4.78 is 1.48. The molecule has 4 N–H and O–H groups in total. The first-order valence-corrected chi connectivity index (χ1v) is 5.55. The Morgan fingerprint density at radius 1 is 1.33 bits per heavy atom. The van der Waals surface area contributed by atoms with Gasteiger partial charge in [-0.05, 0) is 24.3 Å². The van der Waals surface area contributed by atoms with Crippen LogP contribution in [-0.2, 0) is 7.05 Å². The number of aryl methyl sites for hydroxylation is 1. The van der Waals surface area contributed by atoms with Crippen LogP contribution in [0.4, 0.5) is 22.0 Å². The van der Waals surface area contributed by atoms with E-state index in [-0.39, 0.29) is 0 Å².